The first-order chi connectivity index (χ1) is 15.2. The highest BCUT2D eigenvalue weighted by Crippen LogP contribution is 2.37. The molecule has 0 saturated heterocycles. The van der Waals surface area contributed by atoms with Crippen LogP contribution in [0.5, 0.6) is 0 Å². The number of aliphatic imine (C=N–C) groups is 2. The van der Waals surface area contributed by atoms with Crippen LogP contribution in [0.2, 0.25) is 0 Å². The van der Waals surface area contributed by atoms with Crippen molar-refractivity contribution in [1.82, 2.24) is 0 Å². The molecule has 1 aliphatic rings. The summed E-state index contributed by atoms with van der Waals surface area (Å²) in [5.74, 6) is 0.772. The minimum absolute atomic E-state index is 0.753. The van der Waals surface area contributed by atoms with Crippen molar-refractivity contribution in [2.75, 3.05) is 7.05 Å². The lowest BCUT2D eigenvalue weighted by Gasteiger charge is -2.09. The summed E-state index contributed by atoms with van der Waals surface area (Å²) in [6.45, 7) is 4.17. The zero-order valence-corrected chi connectivity index (χ0v) is 18.5. The number of nitrogens with zero attached hydrogens (tertiary/aromatic N) is 2. The van der Waals surface area contributed by atoms with Crippen LogP contribution >= 0.6 is 0 Å². The fourth-order valence-corrected chi connectivity index (χ4v) is 4.04. The third kappa shape index (κ3) is 4.64. The van der Waals surface area contributed by atoms with E-state index in [0.717, 1.165) is 35.5 Å². The first-order valence-electron chi connectivity index (χ1n) is 10.8. The maximum atomic E-state index is 5.01. The fourth-order valence-electron chi connectivity index (χ4n) is 4.04. The molecule has 2 nitrogen and oxygen atoms in total. The van der Waals surface area contributed by atoms with Crippen LogP contribution in [0.1, 0.15) is 41.2 Å². The predicted octanol–water partition coefficient (Wildman–Crippen LogP) is 6.95. The van der Waals surface area contributed by atoms with E-state index in [1.165, 1.54) is 27.8 Å². The third-order valence-electron chi connectivity index (χ3n) is 5.61. The molecule has 0 radical (unpaired) electrons. The van der Waals surface area contributed by atoms with Crippen molar-refractivity contribution < 1.29 is 0 Å². The standard InChI is InChI=1S/C29H28N2/c1-4-5-6-10-13-28(22-11-8-7-9-12-22)31-29(30-3)24-16-17-26-25(20-24)19-23-15-14-21(2)18-27(23)26/h4-12,14-18,20H,13,19H2,1-3H3/b5-4-,10-6-,30-29?,31-28?. The van der Waals surface area contributed by atoms with Gasteiger partial charge in [-0.15, -0.1) is 0 Å². The first-order valence-corrected chi connectivity index (χ1v) is 10.8. The highest BCUT2D eigenvalue weighted by atomic mass is 14.9. The molecule has 0 saturated carbocycles. The van der Waals surface area contributed by atoms with Gasteiger partial charge in [-0.3, -0.25) is 4.99 Å². The normalized spacial score (nSPS) is 13.8. The summed E-state index contributed by atoms with van der Waals surface area (Å²) in [7, 11) is 1.82. The van der Waals surface area contributed by atoms with E-state index in [4.69, 9.17) is 4.99 Å². The molecule has 0 spiro atoms. The molecule has 0 aliphatic heterocycles. The second kappa shape index (κ2) is 9.53. The molecule has 0 atom stereocenters. The number of aryl methyl sites for hydroxylation is 1. The molecular weight excluding hydrogens is 376 g/mol. The molecule has 0 heterocycles. The molecule has 0 bridgehead atoms. The van der Waals surface area contributed by atoms with Crippen LogP contribution in [-0.4, -0.2) is 18.6 Å². The summed E-state index contributed by atoms with van der Waals surface area (Å²) >= 11 is 0. The summed E-state index contributed by atoms with van der Waals surface area (Å²) < 4.78 is 0. The lowest BCUT2D eigenvalue weighted by atomic mass is 10.0. The number of allylic oxidation sites excluding steroid dienone is 4. The topological polar surface area (TPSA) is 24.7 Å². The molecule has 0 N–H and O–H groups in total. The number of hydrogen-bond acceptors (Lipinski definition) is 1. The van der Waals surface area contributed by atoms with Crippen molar-refractivity contribution in [3.05, 3.63) is 119 Å². The van der Waals surface area contributed by atoms with Crippen molar-refractivity contribution in [2.45, 2.75) is 26.7 Å². The summed E-state index contributed by atoms with van der Waals surface area (Å²) in [6, 6.07) is 23.7. The van der Waals surface area contributed by atoms with E-state index < -0.39 is 0 Å². The van der Waals surface area contributed by atoms with Crippen LogP contribution in [0, 0.1) is 6.92 Å². The van der Waals surface area contributed by atoms with Gasteiger partial charge in [-0.2, -0.15) is 0 Å². The molecule has 0 amide bonds. The van der Waals surface area contributed by atoms with Gasteiger partial charge in [-0.05, 0) is 54.2 Å². The zero-order chi connectivity index (χ0) is 21.6. The quantitative estimate of drug-likeness (QED) is 0.195. The number of rotatable bonds is 5. The van der Waals surface area contributed by atoms with Crippen LogP contribution < -0.4 is 0 Å². The zero-order valence-electron chi connectivity index (χ0n) is 18.5. The minimum Gasteiger partial charge on any atom is -0.270 e. The average Bonchev–Trinajstić information content (AvgIpc) is 3.16. The van der Waals surface area contributed by atoms with E-state index in [1.807, 2.05) is 32.2 Å². The van der Waals surface area contributed by atoms with E-state index in [9.17, 15) is 0 Å². The van der Waals surface area contributed by atoms with Crippen molar-refractivity contribution >= 4 is 11.5 Å². The molecule has 3 aromatic carbocycles. The Morgan fingerprint density at radius 2 is 1.71 bits per heavy atom. The Morgan fingerprint density at radius 1 is 0.871 bits per heavy atom. The van der Waals surface area contributed by atoms with Crippen LogP contribution in [0.4, 0.5) is 0 Å². The summed E-state index contributed by atoms with van der Waals surface area (Å²) in [5, 5.41) is 0. The third-order valence-corrected chi connectivity index (χ3v) is 5.61. The van der Waals surface area contributed by atoms with E-state index in [0.29, 0.717) is 0 Å². The van der Waals surface area contributed by atoms with Crippen molar-refractivity contribution in [3.8, 4) is 11.1 Å². The Morgan fingerprint density at radius 3 is 2.48 bits per heavy atom. The highest BCUT2D eigenvalue weighted by molar-refractivity contribution is 6.13. The molecule has 0 fully saturated rings. The lowest BCUT2D eigenvalue weighted by Crippen LogP contribution is -2.07. The Balaban J connectivity index is 1.69. The predicted molar refractivity (Wildman–Crippen MR) is 133 cm³/mol. The fraction of sp³-hybridized carbons (Fsp3) is 0.172. The van der Waals surface area contributed by atoms with Gasteiger partial charge in [0, 0.05) is 19.0 Å². The SMILES string of the molecule is C/C=C\C=C/CC(=NC(=NC)c1ccc2c(c1)Cc1ccc(C)cc1-2)c1ccccc1. The molecule has 31 heavy (non-hydrogen) atoms. The van der Waals surface area contributed by atoms with Crippen molar-refractivity contribution in [1.29, 1.82) is 0 Å². The Hall–Kier alpha value is -3.52. The van der Waals surface area contributed by atoms with Crippen LogP contribution in [-0.2, 0) is 6.42 Å². The van der Waals surface area contributed by atoms with E-state index >= 15 is 0 Å². The van der Waals surface area contributed by atoms with E-state index in [2.05, 4.69) is 84.7 Å². The second-order valence-corrected chi connectivity index (χ2v) is 7.84. The number of amidine groups is 1. The smallest absolute Gasteiger partial charge is 0.154 e. The van der Waals surface area contributed by atoms with Crippen LogP contribution in [0.15, 0.2) is 101 Å². The lowest BCUT2D eigenvalue weighted by molar-refractivity contribution is 1.25. The van der Waals surface area contributed by atoms with Gasteiger partial charge in [0.15, 0.2) is 5.84 Å². The first kappa shape index (κ1) is 20.7. The maximum Gasteiger partial charge on any atom is 0.154 e. The summed E-state index contributed by atoms with van der Waals surface area (Å²) in [5.41, 5.74) is 9.95. The molecular formula is C29H28N2. The van der Waals surface area contributed by atoms with Gasteiger partial charge in [-0.25, -0.2) is 4.99 Å². The highest BCUT2D eigenvalue weighted by Gasteiger charge is 2.19. The minimum atomic E-state index is 0.753. The van der Waals surface area contributed by atoms with Gasteiger partial charge in [0.25, 0.3) is 0 Å². The Bertz CT molecular complexity index is 1190. The van der Waals surface area contributed by atoms with Crippen LogP contribution in [0.3, 0.4) is 0 Å². The Kier molecular flexibility index (Phi) is 6.37. The maximum absolute atomic E-state index is 5.01. The van der Waals surface area contributed by atoms with E-state index in [1.54, 1.807) is 0 Å². The molecule has 1 aliphatic carbocycles. The number of fused-ring (bicyclic) bond motifs is 3. The second-order valence-electron chi connectivity index (χ2n) is 7.84. The van der Waals surface area contributed by atoms with Gasteiger partial charge in [-0.1, -0.05) is 90.5 Å². The largest absolute Gasteiger partial charge is 0.270 e. The molecule has 4 rings (SSSR count). The molecule has 3 aromatic rings. The van der Waals surface area contributed by atoms with Gasteiger partial charge in [0.1, 0.15) is 0 Å². The molecule has 154 valence electrons. The number of hydrogen-bond donors (Lipinski definition) is 0. The monoisotopic (exact) mass is 404 g/mol. The van der Waals surface area contributed by atoms with E-state index in [-0.39, 0.29) is 0 Å². The van der Waals surface area contributed by atoms with Crippen LogP contribution in [0.25, 0.3) is 11.1 Å². The Labute approximate surface area is 185 Å². The number of benzene rings is 3. The van der Waals surface area contributed by atoms with Gasteiger partial charge in [0.2, 0.25) is 0 Å². The average molecular weight is 405 g/mol. The summed E-state index contributed by atoms with van der Waals surface area (Å²) in [6.07, 6.45) is 9.99. The molecule has 2 heteroatoms. The van der Waals surface area contributed by atoms with Gasteiger partial charge < -0.3 is 0 Å². The summed E-state index contributed by atoms with van der Waals surface area (Å²) in [4.78, 5) is 9.56. The van der Waals surface area contributed by atoms with Gasteiger partial charge >= 0.3 is 0 Å². The van der Waals surface area contributed by atoms with Crippen molar-refractivity contribution in [2.24, 2.45) is 9.98 Å². The molecule has 0 aromatic heterocycles. The van der Waals surface area contributed by atoms with Crippen molar-refractivity contribution in [3.63, 3.8) is 0 Å². The molecule has 0 unspecified atom stereocenters. The van der Waals surface area contributed by atoms with Gasteiger partial charge in [0.05, 0.1) is 5.71 Å².